The van der Waals surface area contributed by atoms with Crippen molar-refractivity contribution in [1.82, 2.24) is 10.3 Å². The van der Waals surface area contributed by atoms with Crippen molar-refractivity contribution in [2.45, 2.75) is 18.9 Å². The summed E-state index contributed by atoms with van der Waals surface area (Å²) in [5.74, 6) is 1.75. The summed E-state index contributed by atoms with van der Waals surface area (Å²) in [5, 5.41) is 8.20. The molecule has 3 atom stereocenters. The molecule has 0 bridgehead atoms. The van der Waals surface area contributed by atoms with Gasteiger partial charge in [0.05, 0.1) is 4.88 Å². The zero-order valence-corrected chi connectivity index (χ0v) is 12.2. The minimum absolute atomic E-state index is 0.613. The molecule has 1 saturated carbocycles. The van der Waals surface area contributed by atoms with Gasteiger partial charge in [-0.2, -0.15) is 0 Å². The van der Waals surface area contributed by atoms with Gasteiger partial charge in [0.15, 0.2) is 5.13 Å². The molecule has 2 fully saturated rings. The number of hydrogen-bond donors (Lipinski definition) is 2. The first-order chi connectivity index (χ1) is 9.88. The van der Waals surface area contributed by atoms with Crippen LogP contribution < -0.4 is 10.6 Å². The van der Waals surface area contributed by atoms with Crippen molar-refractivity contribution in [1.29, 1.82) is 0 Å². The number of nitrogens with zero attached hydrogens (tertiary/aromatic N) is 1. The third-order valence-electron chi connectivity index (χ3n) is 4.55. The lowest BCUT2D eigenvalue weighted by Crippen LogP contribution is -2.20. The van der Waals surface area contributed by atoms with Crippen molar-refractivity contribution in [3.8, 4) is 10.4 Å². The maximum atomic E-state index is 4.54. The van der Waals surface area contributed by atoms with E-state index in [2.05, 4.69) is 45.9 Å². The van der Waals surface area contributed by atoms with Gasteiger partial charge < -0.3 is 10.6 Å². The van der Waals surface area contributed by atoms with Gasteiger partial charge in [0.2, 0.25) is 0 Å². The molecule has 1 saturated heterocycles. The summed E-state index contributed by atoms with van der Waals surface area (Å²) >= 11 is 1.76. The van der Waals surface area contributed by atoms with Crippen molar-refractivity contribution in [3.63, 3.8) is 0 Å². The Morgan fingerprint density at radius 2 is 1.85 bits per heavy atom. The number of nitrogens with one attached hydrogen (secondary N) is 2. The van der Waals surface area contributed by atoms with Crippen LogP contribution in [0.4, 0.5) is 5.13 Å². The first kappa shape index (κ1) is 12.4. The fourth-order valence-electron chi connectivity index (χ4n) is 3.54. The standard InChI is InChI=1S/C16H19N3S/c1-2-4-11(5-3-1)15-10-18-16(20-15)19-14-6-12-8-17-9-13(12)7-14/h1-5,10,12-14,17H,6-9H2,(H,18,19)/t12-,13?,14+/m1/s1. The molecule has 1 aliphatic carbocycles. The normalized spacial score (nSPS) is 28.5. The van der Waals surface area contributed by atoms with Gasteiger partial charge in [-0.25, -0.2) is 4.98 Å². The highest BCUT2D eigenvalue weighted by Crippen LogP contribution is 2.37. The Balaban J connectivity index is 1.44. The second-order valence-electron chi connectivity index (χ2n) is 5.89. The molecule has 2 heterocycles. The molecule has 4 rings (SSSR count). The van der Waals surface area contributed by atoms with Gasteiger partial charge in [-0.1, -0.05) is 41.7 Å². The number of hydrogen-bond acceptors (Lipinski definition) is 4. The van der Waals surface area contributed by atoms with Crippen LogP contribution in [0.1, 0.15) is 12.8 Å². The average molecular weight is 285 g/mol. The zero-order valence-electron chi connectivity index (χ0n) is 11.4. The van der Waals surface area contributed by atoms with Crippen LogP contribution in [0.25, 0.3) is 10.4 Å². The lowest BCUT2D eigenvalue weighted by Gasteiger charge is -2.12. The van der Waals surface area contributed by atoms with Crippen LogP contribution in [-0.4, -0.2) is 24.1 Å². The van der Waals surface area contributed by atoms with Crippen LogP contribution in [0.15, 0.2) is 36.5 Å². The third-order valence-corrected chi connectivity index (χ3v) is 5.52. The molecule has 1 aliphatic heterocycles. The number of benzene rings is 1. The molecule has 0 radical (unpaired) electrons. The van der Waals surface area contributed by atoms with Crippen LogP contribution >= 0.6 is 11.3 Å². The molecule has 4 heteroatoms. The van der Waals surface area contributed by atoms with E-state index in [4.69, 9.17) is 0 Å². The highest BCUT2D eigenvalue weighted by atomic mass is 32.1. The van der Waals surface area contributed by atoms with Gasteiger partial charge in [-0.05, 0) is 43.3 Å². The Morgan fingerprint density at radius 1 is 1.10 bits per heavy atom. The SMILES string of the molecule is c1ccc(-c2cnc(N[C@@H]3CC4CNC[C@H]4C3)s2)cc1. The first-order valence-corrected chi connectivity index (χ1v) is 8.18. The number of fused-ring (bicyclic) bond motifs is 1. The van der Waals surface area contributed by atoms with Gasteiger partial charge >= 0.3 is 0 Å². The third kappa shape index (κ3) is 2.34. The molecule has 20 heavy (non-hydrogen) atoms. The summed E-state index contributed by atoms with van der Waals surface area (Å²) in [6, 6.07) is 11.1. The van der Waals surface area contributed by atoms with E-state index >= 15 is 0 Å². The molecule has 1 aromatic heterocycles. The Bertz CT molecular complexity index is 568. The Labute approximate surface area is 123 Å². The van der Waals surface area contributed by atoms with Gasteiger partial charge in [0.25, 0.3) is 0 Å². The van der Waals surface area contributed by atoms with Gasteiger partial charge in [-0.15, -0.1) is 0 Å². The number of aromatic nitrogens is 1. The fourth-order valence-corrected chi connectivity index (χ4v) is 4.43. The molecule has 1 unspecified atom stereocenters. The molecule has 0 spiro atoms. The predicted octanol–water partition coefficient (Wildman–Crippen LogP) is 3.22. The molecule has 0 amide bonds. The van der Waals surface area contributed by atoms with E-state index in [1.807, 2.05) is 6.20 Å². The minimum atomic E-state index is 0.613. The van der Waals surface area contributed by atoms with Crippen LogP contribution in [0, 0.1) is 11.8 Å². The quantitative estimate of drug-likeness (QED) is 0.909. The number of rotatable bonds is 3. The molecule has 2 aromatic rings. The highest BCUT2D eigenvalue weighted by molar-refractivity contribution is 7.18. The van der Waals surface area contributed by atoms with E-state index in [9.17, 15) is 0 Å². The van der Waals surface area contributed by atoms with Gasteiger partial charge in [0, 0.05) is 12.2 Å². The van der Waals surface area contributed by atoms with Crippen molar-refractivity contribution >= 4 is 16.5 Å². The second kappa shape index (κ2) is 5.19. The Kier molecular flexibility index (Phi) is 3.20. The summed E-state index contributed by atoms with van der Waals surface area (Å²) in [4.78, 5) is 5.79. The minimum Gasteiger partial charge on any atom is -0.359 e. The lowest BCUT2D eigenvalue weighted by molar-refractivity contribution is 0.494. The summed E-state index contributed by atoms with van der Waals surface area (Å²) in [7, 11) is 0. The lowest BCUT2D eigenvalue weighted by atomic mass is 10.0. The first-order valence-electron chi connectivity index (χ1n) is 7.37. The molecule has 2 N–H and O–H groups in total. The molecule has 1 aromatic carbocycles. The van der Waals surface area contributed by atoms with E-state index in [1.165, 1.54) is 36.4 Å². The van der Waals surface area contributed by atoms with E-state index in [-0.39, 0.29) is 0 Å². The second-order valence-corrected chi connectivity index (χ2v) is 6.92. The summed E-state index contributed by atoms with van der Waals surface area (Å²) < 4.78 is 0. The molecular weight excluding hydrogens is 266 g/mol. The number of anilines is 1. The Morgan fingerprint density at radius 3 is 2.60 bits per heavy atom. The monoisotopic (exact) mass is 285 g/mol. The summed E-state index contributed by atoms with van der Waals surface area (Å²) in [6.07, 6.45) is 4.56. The number of thiazole rings is 1. The predicted molar refractivity (Wildman–Crippen MR) is 84.0 cm³/mol. The fraction of sp³-hybridized carbons (Fsp3) is 0.438. The molecular formula is C16H19N3S. The van der Waals surface area contributed by atoms with E-state index in [1.54, 1.807) is 11.3 Å². The zero-order chi connectivity index (χ0) is 13.4. The summed E-state index contributed by atoms with van der Waals surface area (Å²) in [5.41, 5.74) is 1.26. The van der Waals surface area contributed by atoms with Crippen molar-refractivity contribution in [3.05, 3.63) is 36.5 Å². The van der Waals surface area contributed by atoms with Crippen molar-refractivity contribution in [2.75, 3.05) is 18.4 Å². The molecule has 2 aliphatic rings. The maximum absolute atomic E-state index is 4.54. The van der Waals surface area contributed by atoms with Gasteiger partial charge in [0.1, 0.15) is 0 Å². The van der Waals surface area contributed by atoms with Gasteiger partial charge in [-0.3, -0.25) is 0 Å². The molecule has 3 nitrogen and oxygen atoms in total. The summed E-state index contributed by atoms with van der Waals surface area (Å²) in [6.45, 7) is 2.41. The van der Waals surface area contributed by atoms with Crippen LogP contribution in [0.2, 0.25) is 0 Å². The molecule has 104 valence electrons. The topological polar surface area (TPSA) is 37.0 Å². The van der Waals surface area contributed by atoms with E-state index in [0.29, 0.717) is 6.04 Å². The highest BCUT2D eigenvalue weighted by Gasteiger charge is 2.37. The maximum Gasteiger partial charge on any atom is 0.183 e. The van der Waals surface area contributed by atoms with Crippen LogP contribution in [-0.2, 0) is 0 Å². The average Bonchev–Trinajstić information content (AvgIpc) is 3.16. The van der Waals surface area contributed by atoms with Crippen molar-refractivity contribution in [2.24, 2.45) is 11.8 Å². The smallest absolute Gasteiger partial charge is 0.183 e. The van der Waals surface area contributed by atoms with Crippen LogP contribution in [0.3, 0.4) is 0 Å². The van der Waals surface area contributed by atoms with Crippen LogP contribution in [0.5, 0.6) is 0 Å². The largest absolute Gasteiger partial charge is 0.359 e. The van der Waals surface area contributed by atoms with E-state index < -0.39 is 0 Å². The Hall–Kier alpha value is -1.39. The van der Waals surface area contributed by atoms with Crippen molar-refractivity contribution < 1.29 is 0 Å². The van der Waals surface area contributed by atoms with E-state index in [0.717, 1.165) is 17.0 Å².